The molecular weight excluding hydrogens is 500 g/mol. The van der Waals surface area contributed by atoms with Gasteiger partial charge in [0.2, 0.25) is 5.16 Å². The van der Waals surface area contributed by atoms with Gasteiger partial charge in [0.25, 0.3) is 0 Å². The van der Waals surface area contributed by atoms with E-state index in [1.807, 2.05) is 44.2 Å². The predicted octanol–water partition coefficient (Wildman–Crippen LogP) is 5.37. The lowest BCUT2D eigenvalue weighted by molar-refractivity contribution is 0.0777. The number of ketones is 1. The number of rotatable bonds is 8. The third kappa shape index (κ3) is 4.94. The Balaban J connectivity index is 1.25. The van der Waals surface area contributed by atoms with E-state index in [2.05, 4.69) is 19.7 Å². The van der Waals surface area contributed by atoms with Crippen molar-refractivity contribution in [1.29, 1.82) is 0 Å². The van der Waals surface area contributed by atoms with Crippen LogP contribution in [0.1, 0.15) is 21.7 Å². The second-order valence-corrected chi connectivity index (χ2v) is 9.79. The topological polar surface area (TPSA) is 91.3 Å². The number of halogens is 1. The normalized spacial score (nSPS) is 14.6. The molecule has 0 aliphatic carbocycles. The molecule has 0 bridgehead atoms. The number of Topliss-reactive ketones (excluding diaryl/α,β-unsaturated/α-hetero) is 1. The van der Waals surface area contributed by atoms with E-state index in [-0.39, 0.29) is 17.6 Å². The summed E-state index contributed by atoms with van der Waals surface area (Å²) in [6, 6.07) is 14.9. The Morgan fingerprint density at radius 1 is 1.22 bits per heavy atom. The number of thioether (sulfide) groups is 1. The molecule has 1 N–H and O–H groups in total. The lowest BCUT2D eigenvalue weighted by atomic mass is 10.2. The summed E-state index contributed by atoms with van der Waals surface area (Å²) in [5, 5.41) is 8.19. The van der Waals surface area contributed by atoms with E-state index in [4.69, 9.17) is 25.8 Å². The lowest BCUT2D eigenvalue weighted by Gasteiger charge is -2.27. The number of nitrogens with zero attached hydrogens (tertiary/aromatic N) is 3. The van der Waals surface area contributed by atoms with Gasteiger partial charge in [-0.25, -0.2) is 4.98 Å². The zero-order valence-corrected chi connectivity index (χ0v) is 21.7. The number of aromatic nitrogens is 4. The summed E-state index contributed by atoms with van der Waals surface area (Å²) in [6.45, 7) is 5.00. The van der Waals surface area contributed by atoms with E-state index in [0.717, 1.165) is 22.9 Å². The second-order valence-electron chi connectivity index (χ2n) is 8.42. The van der Waals surface area contributed by atoms with Crippen molar-refractivity contribution in [1.82, 2.24) is 19.7 Å². The van der Waals surface area contributed by atoms with E-state index in [1.165, 1.54) is 11.8 Å². The first-order chi connectivity index (χ1) is 17.4. The minimum Gasteiger partial charge on any atom is -0.496 e. The summed E-state index contributed by atoms with van der Waals surface area (Å²) in [7, 11) is 1.58. The van der Waals surface area contributed by atoms with Gasteiger partial charge in [0.05, 0.1) is 25.0 Å². The molecule has 5 rings (SSSR count). The number of nitrogens with one attached hydrogen (secondary N) is 1. The molecule has 0 fully saturated rings. The number of carbonyl (C=O) groups is 1. The number of hydrogen-bond donors (Lipinski definition) is 1. The van der Waals surface area contributed by atoms with Crippen molar-refractivity contribution in [2.75, 3.05) is 19.5 Å². The van der Waals surface area contributed by atoms with Crippen LogP contribution >= 0.6 is 23.4 Å². The molecule has 0 saturated carbocycles. The molecule has 0 radical (unpaired) electrons. The predicted molar refractivity (Wildman–Crippen MR) is 139 cm³/mol. The fraction of sp³-hybridized carbons (Fsp3) is 0.269. The van der Waals surface area contributed by atoms with Gasteiger partial charge in [0, 0.05) is 22.0 Å². The number of methoxy groups -OCH3 is 1. The number of hydrogen-bond acceptors (Lipinski definition) is 7. The van der Waals surface area contributed by atoms with Gasteiger partial charge >= 0.3 is 0 Å². The maximum Gasteiger partial charge on any atom is 0.209 e. The van der Waals surface area contributed by atoms with Gasteiger partial charge in [-0.2, -0.15) is 0 Å². The van der Waals surface area contributed by atoms with E-state index in [9.17, 15) is 4.79 Å². The monoisotopic (exact) mass is 524 g/mol. The van der Waals surface area contributed by atoms with E-state index >= 15 is 0 Å². The Hall–Kier alpha value is -3.43. The molecule has 1 aliphatic rings. The van der Waals surface area contributed by atoms with Crippen LogP contribution in [0.2, 0.25) is 5.02 Å². The standard InChI is InChI=1S/C26H25ClN4O4S/c1-15-10-19(16(2)31(15)12-18-13-34-23-6-4-5-7-24(23)35-18)21(32)14-36-26-28-25(29-30-26)20-11-17(27)8-9-22(20)33-3/h4-11,18H,12-14H2,1-3H3,(H,28,29,30)/t18-/m1/s1. The number of aromatic amines is 1. The maximum absolute atomic E-state index is 13.1. The molecule has 3 heterocycles. The van der Waals surface area contributed by atoms with Gasteiger partial charge in [0.15, 0.2) is 29.2 Å². The third-order valence-electron chi connectivity index (χ3n) is 6.04. The quantitative estimate of drug-likeness (QED) is 0.245. The van der Waals surface area contributed by atoms with Gasteiger partial charge in [-0.3, -0.25) is 9.89 Å². The highest BCUT2D eigenvalue weighted by Crippen LogP contribution is 2.33. The second kappa shape index (κ2) is 10.3. The fourth-order valence-electron chi connectivity index (χ4n) is 4.23. The average Bonchev–Trinajstić information content (AvgIpc) is 3.47. The molecule has 0 unspecified atom stereocenters. The number of benzene rings is 2. The minimum atomic E-state index is -0.141. The Kier molecular flexibility index (Phi) is 6.93. The Bertz CT molecular complexity index is 1420. The van der Waals surface area contributed by atoms with Gasteiger partial charge in [-0.15, -0.1) is 5.10 Å². The highest BCUT2D eigenvalue weighted by atomic mass is 35.5. The van der Waals surface area contributed by atoms with Crippen LogP contribution in [-0.4, -0.2) is 51.1 Å². The highest BCUT2D eigenvalue weighted by molar-refractivity contribution is 7.99. The highest BCUT2D eigenvalue weighted by Gasteiger charge is 2.24. The van der Waals surface area contributed by atoms with Crippen molar-refractivity contribution in [2.24, 2.45) is 0 Å². The smallest absolute Gasteiger partial charge is 0.209 e. The van der Waals surface area contributed by atoms with Crippen molar-refractivity contribution >= 4 is 29.1 Å². The summed E-state index contributed by atoms with van der Waals surface area (Å²) >= 11 is 7.41. The molecule has 36 heavy (non-hydrogen) atoms. The van der Waals surface area contributed by atoms with Crippen molar-refractivity contribution in [3.8, 4) is 28.6 Å². The van der Waals surface area contributed by atoms with Gasteiger partial charge in [0.1, 0.15) is 12.4 Å². The molecule has 186 valence electrons. The minimum absolute atomic E-state index is 0.0113. The molecule has 8 nitrogen and oxygen atoms in total. The van der Waals surface area contributed by atoms with Crippen molar-refractivity contribution in [2.45, 2.75) is 31.7 Å². The van der Waals surface area contributed by atoms with Crippen molar-refractivity contribution in [3.63, 3.8) is 0 Å². The summed E-state index contributed by atoms with van der Waals surface area (Å²) < 4.78 is 19.5. The first kappa shape index (κ1) is 24.3. The number of fused-ring (bicyclic) bond motifs is 1. The number of aryl methyl sites for hydroxylation is 1. The molecule has 10 heteroatoms. The van der Waals surface area contributed by atoms with Gasteiger partial charge in [-0.05, 0) is 50.2 Å². The largest absolute Gasteiger partial charge is 0.496 e. The molecule has 0 saturated heterocycles. The Labute approximate surface area is 217 Å². The van der Waals surface area contributed by atoms with Crippen LogP contribution in [0.4, 0.5) is 0 Å². The fourth-order valence-corrected chi connectivity index (χ4v) is 5.08. The molecule has 0 amide bonds. The van der Waals surface area contributed by atoms with Crippen LogP contribution in [0.5, 0.6) is 17.2 Å². The SMILES string of the molecule is COc1ccc(Cl)cc1-c1nc(SCC(=O)c2cc(C)n(C[C@@H]3COc4ccccc4O3)c2C)n[nH]1. The van der Waals surface area contributed by atoms with Crippen LogP contribution in [0.15, 0.2) is 53.7 Å². The van der Waals surface area contributed by atoms with E-state index in [0.29, 0.717) is 46.0 Å². The molecule has 0 spiro atoms. The molecule has 1 atom stereocenters. The summed E-state index contributed by atoms with van der Waals surface area (Å²) in [4.78, 5) is 17.6. The molecule has 1 aliphatic heterocycles. The van der Waals surface area contributed by atoms with Crippen LogP contribution in [0.3, 0.4) is 0 Å². The first-order valence-electron chi connectivity index (χ1n) is 11.4. The summed E-state index contributed by atoms with van der Waals surface area (Å²) in [5.74, 6) is 2.88. The Morgan fingerprint density at radius 2 is 2.03 bits per heavy atom. The zero-order chi connectivity index (χ0) is 25.2. The molecular formula is C26H25ClN4O4S. The first-order valence-corrected chi connectivity index (χ1v) is 12.8. The van der Waals surface area contributed by atoms with Crippen LogP contribution in [0.25, 0.3) is 11.4 Å². The number of carbonyl (C=O) groups excluding carboxylic acids is 1. The van der Waals surface area contributed by atoms with Gasteiger partial charge < -0.3 is 18.8 Å². The Morgan fingerprint density at radius 3 is 2.83 bits per heavy atom. The van der Waals surface area contributed by atoms with E-state index < -0.39 is 0 Å². The molecule has 2 aromatic heterocycles. The number of para-hydroxylation sites is 2. The van der Waals surface area contributed by atoms with Crippen LogP contribution in [0, 0.1) is 13.8 Å². The van der Waals surface area contributed by atoms with Crippen LogP contribution in [-0.2, 0) is 6.54 Å². The third-order valence-corrected chi connectivity index (χ3v) is 7.12. The van der Waals surface area contributed by atoms with Crippen molar-refractivity contribution in [3.05, 3.63) is 70.5 Å². The average molecular weight is 525 g/mol. The van der Waals surface area contributed by atoms with Crippen LogP contribution < -0.4 is 14.2 Å². The summed E-state index contributed by atoms with van der Waals surface area (Å²) in [6.07, 6.45) is -0.141. The molecule has 2 aromatic carbocycles. The van der Waals surface area contributed by atoms with Crippen molar-refractivity contribution < 1.29 is 19.0 Å². The van der Waals surface area contributed by atoms with Gasteiger partial charge in [-0.1, -0.05) is 35.5 Å². The zero-order valence-electron chi connectivity index (χ0n) is 20.1. The maximum atomic E-state index is 13.1. The summed E-state index contributed by atoms with van der Waals surface area (Å²) in [5.41, 5.74) is 3.29. The number of ether oxygens (including phenoxy) is 3. The molecule has 4 aromatic rings. The number of H-pyrrole nitrogens is 1. The van der Waals surface area contributed by atoms with E-state index in [1.54, 1.807) is 25.3 Å². The lowest BCUT2D eigenvalue weighted by Crippen LogP contribution is -2.33.